The molecule has 4 heterocycles. The maximum absolute atomic E-state index is 12.9. The van der Waals surface area contributed by atoms with Gasteiger partial charge in [-0.15, -0.1) is 5.10 Å². The second kappa shape index (κ2) is 12.4. The maximum atomic E-state index is 12.9. The SMILES string of the molecule is CN(C)C1CCN(C(=O)c2ccc(-n3cc(C4=Cc5ccccc5NC4)nn3)cc2)CC1.c1ccc2ncccc2c1. The molecular weight excluding hydrogens is 522 g/mol. The molecule has 2 aliphatic rings. The number of likely N-dealkylation sites (tertiary alicyclic amines) is 1. The van der Waals surface area contributed by atoms with Gasteiger partial charge >= 0.3 is 0 Å². The standard InChI is InChI=1S/C25H28N6O.C9H7N/c1-29(2)21-11-13-30(14-12-21)25(32)18-7-9-22(10-8-18)31-17-24(27-28-31)20-15-19-5-3-4-6-23(19)26-16-20;1-2-6-9-8(4-1)5-3-7-10-9/h3-10,15,17,21,26H,11-14,16H2,1-2H3;1-7H. The molecule has 0 aliphatic carbocycles. The van der Waals surface area contributed by atoms with Crippen molar-refractivity contribution in [2.45, 2.75) is 18.9 Å². The van der Waals surface area contributed by atoms with Crippen LogP contribution in [0, 0.1) is 0 Å². The van der Waals surface area contributed by atoms with Gasteiger partial charge < -0.3 is 15.1 Å². The van der Waals surface area contributed by atoms with Gasteiger partial charge in [0, 0.05) is 54.1 Å². The highest BCUT2D eigenvalue weighted by atomic mass is 16.2. The van der Waals surface area contributed by atoms with Gasteiger partial charge in [0.15, 0.2) is 0 Å². The molecule has 0 spiro atoms. The van der Waals surface area contributed by atoms with Crippen molar-refractivity contribution in [1.82, 2.24) is 29.8 Å². The van der Waals surface area contributed by atoms with Crippen LogP contribution in [0.3, 0.4) is 0 Å². The van der Waals surface area contributed by atoms with E-state index < -0.39 is 0 Å². The van der Waals surface area contributed by atoms with Crippen molar-refractivity contribution >= 4 is 34.1 Å². The average Bonchev–Trinajstić information content (AvgIpc) is 3.55. The van der Waals surface area contributed by atoms with Crippen molar-refractivity contribution in [1.29, 1.82) is 0 Å². The van der Waals surface area contributed by atoms with Crippen molar-refractivity contribution < 1.29 is 4.79 Å². The van der Waals surface area contributed by atoms with Crippen molar-refractivity contribution in [3.63, 3.8) is 0 Å². The number of fused-ring (bicyclic) bond motifs is 2. The molecule has 1 amide bonds. The molecule has 3 aromatic carbocycles. The molecule has 7 rings (SSSR count). The molecule has 8 heteroatoms. The summed E-state index contributed by atoms with van der Waals surface area (Å²) in [6, 6.07) is 28.5. The number of carbonyl (C=O) groups excluding carboxylic acids is 1. The number of hydrogen-bond acceptors (Lipinski definition) is 6. The number of nitrogens with zero attached hydrogens (tertiary/aromatic N) is 6. The fraction of sp³-hybridized carbons (Fsp3) is 0.235. The number of carbonyl (C=O) groups is 1. The molecule has 0 atom stereocenters. The third kappa shape index (κ3) is 6.09. The zero-order valence-corrected chi connectivity index (χ0v) is 24.0. The van der Waals surface area contributed by atoms with Gasteiger partial charge in [-0.25, -0.2) is 4.68 Å². The third-order valence-corrected chi connectivity index (χ3v) is 7.96. The molecule has 42 heavy (non-hydrogen) atoms. The number of nitrogens with one attached hydrogen (secondary N) is 1. The molecule has 5 aromatic rings. The molecule has 8 nitrogen and oxygen atoms in total. The van der Waals surface area contributed by atoms with Gasteiger partial charge in [0.2, 0.25) is 0 Å². The molecule has 1 fully saturated rings. The van der Waals surface area contributed by atoms with Crippen molar-refractivity contribution in [3.05, 3.63) is 114 Å². The van der Waals surface area contributed by atoms with Gasteiger partial charge in [-0.1, -0.05) is 47.7 Å². The van der Waals surface area contributed by atoms with E-state index in [1.807, 2.05) is 78.0 Å². The maximum Gasteiger partial charge on any atom is 0.253 e. The Bertz CT molecular complexity index is 1630. The monoisotopic (exact) mass is 557 g/mol. The predicted octanol–water partition coefficient (Wildman–Crippen LogP) is 5.63. The lowest BCUT2D eigenvalue weighted by atomic mass is 10.0. The first kappa shape index (κ1) is 27.4. The van der Waals surface area contributed by atoms with E-state index in [1.54, 1.807) is 4.68 Å². The molecule has 0 bridgehead atoms. The molecule has 1 N–H and O–H groups in total. The Hall–Kier alpha value is -4.82. The average molecular weight is 558 g/mol. The molecule has 0 radical (unpaired) electrons. The van der Waals surface area contributed by atoms with E-state index in [2.05, 4.69) is 69.9 Å². The highest BCUT2D eigenvalue weighted by Crippen LogP contribution is 2.27. The lowest BCUT2D eigenvalue weighted by molar-refractivity contribution is 0.0663. The summed E-state index contributed by atoms with van der Waals surface area (Å²) < 4.78 is 1.76. The molecule has 0 saturated carbocycles. The third-order valence-electron chi connectivity index (χ3n) is 7.96. The molecule has 2 aromatic heterocycles. The fourth-order valence-electron chi connectivity index (χ4n) is 5.46. The zero-order valence-electron chi connectivity index (χ0n) is 24.0. The Kier molecular flexibility index (Phi) is 8.05. The van der Waals surface area contributed by atoms with Crippen molar-refractivity contribution in [3.8, 4) is 5.69 Å². The van der Waals surface area contributed by atoms with Gasteiger partial charge in [-0.3, -0.25) is 9.78 Å². The quantitative estimate of drug-likeness (QED) is 0.308. The van der Waals surface area contributed by atoms with Gasteiger partial charge in [0.05, 0.1) is 17.4 Å². The number of amides is 1. The van der Waals surface area contributed by atoms with E-state index in [0.29, 0.717) is 18.2 Å². The Morgan fingerprint density at radius 3 is 2.43 bits per heavy atom. The summed E-state index contributed by atoms with van der Waals surface area (Å²) in [5.74, 6) is 0.102. The minimum absolute atomic E-state index is 0.102. The predicted molar refractivity (Wildman–Crippen MR) is 169 cm³/mol. The van der Waals surface area contributed by atoms with Crippen LogP contribution >= 0.6 is 0 Å². The minimum atomic E-state index is 0.102. The largest absolute Gasteiger partial charge is 0.380 e. The van der Waals surface area contributed by atoms with E-state index in [1.165, 1.54) is 5.39 Å². The van der Waals surface area contributed by atoms with Crippen molar-refractivity contribution in [2.24, 2.45) is 0 Å². The van der Waals surface area contributed by atoms with Gasteiger partial charge in [-0.05, 0) is 81.0 Å². The summed E-state index contributed by atoms with van der Waals surface area (Å²) in [6.07, 6.45) is 7.94. The molecular formula is C34H35N7O. The van der Waals surface area contributed by atoms with Gasteiger partial charge in [-0.2, -0.15) is 0 Å². The van der Waals surface area contributed by atoms with Crippen LogP contribution in [-0.2, 0) is 0 Å². The van der Waals surface area contributed by atoms with E-state index in [4.69, 9.17) is 0 Å². The van der Waals surface area contributed by atoms with Crippen LogP contribution in [-0.4, -0.2) is 75.5 Å². The molecule has 212 valence electrons. The number of para-hydroxylation sites is 2. The first-order valence-electron chi connectivity index (χ1n) is 14.4. The first-order chi connectivity index (χ1) is 20.5. The fourth-order valence-corrected chi connectivity index (χ4v) is 5.46. The van der Waals surface area contributed by atoms with Gasteiger partial charge in [0.25, 0.3) is 5.91 Å². The summed E-state index contributed by atoms with van der Waals surface area (Å²) in [7, 11) is 4.22. The normalized spacial score (nSPS) is 14.9. The number of pyridine rings is 1. The van der Waals surface area contributed by atoms with Crippen LogP contribution in [0.2, 0.25) is 0 Å². The first-order valence-corrected chi connectivity index (χ1v) is 14.4. The number of benzene rings is 3. The highest BCUT2D eigenvalue weighted by molar-refractivity contribution is 5.94. The van der Waals surface area contributed by atoms with Gasteiger partial charge in [0.1, 0.15) is 5.69 Å². The van der Waals surface area contributed by atoms with Crippen LogP contribution < -0.4 is 5.32 Å². The smallest absolute Gasteiger partial charge is 0.253 e. The minimum Gasteiger partial charge on any atom is -0.380 e. The summed E-state index contributed by atoms with van der Waals surface area (Å²) >= 11 is 0. The van der Waals surface area contributed by atoms with Crippen LogP contribution in [0.5, 0.6) is 0 Å². The van der Waals surface area contributed by atoms with E-state index >= 15 is 0 Å². The van der Waals surface area contributed by atoms with Crippen molar-refractivity contribution in [2.75, 3.05) is 39.0 Å². The van der Waals surface area contributed by atoms with Crippen LogP contribution in [0.4, 0.5) is 5.69 Å². The Balaban J connectivity index is 0.000000265. The number of piperidine rings is 1. The zero-order chi connectivity index (χ0) is 28.9. The molecule has 0 unspecified atom stereocenters. The topological polar surface area (TPSA) is 79.2 Å². The molecule has 2 aliphatic heterocycles. The summed E-state index contributed by atoms with van der Waals surface area (Å²) in [5, 5.41) is 13.3. The second-order valence-corrected chi connectivity index (χ2v) is 10.9. The summed E-state index contributed by atoms with van der Waals surface area (Å²) in [5.41, 5.74) is 6.89. The van der Waals surface area contributed by atoms with Crippen LogP contribution in [0.1, 0.15) is 34.5 Å². The number of anilines is 1. The van der Waals surface area contributed by atoms with E-state index in [-0.39, 0.29) is 5.91 Å². The van der Waals surface area contributed by atoms with Crippen LogP contribution in [0.25, 0.3) is 28.2 Å². The Labute approximate surface area is 246 Å². The second-order valence-electron chi connectivity index (χ2n) is 10.9. The summed E-state index contributed by atoms with van der Waals surface area (Å²) in [6.45, 7) is 2.33. The van der Waals surface area contributed by atoms with E-state index in [0.717, 1.165) is 59.7 Å². The Morgan fingerprint density at radius 1 is 0.905 bits per heavy atom. The summed E-state index contributed by atoms with van der Waals surface area (Å²) in [4.78, 5) is 21.3. The Morgan fingerprint density at radius 2 is 1.64 bits per heavy atom. The number of rotatable bonds is 4. The highest BCUT2D eigenvalue weighted by Gasteiger charge is 2.24. The lowest BCUT2D eigenvalue weighted by Gasteiger charge is -2.35. The van der Waals surface area contributed by atoms with E-state index in [9.17, 15) is 4.79 Å². The number of hydrogen-bond donors (Lipinski definition) is 1. The van der Waals surface area contributed by atoms with Crippen LogP contribution in [0.15, 0.2) is 97.3 Å². The lowest BCUT2D eigenvalue weighted by Crippen LogP contribution is -2.44. The number of aromatic nitrogens is 4. The molecule has 1 saturated heterocycles.